The molecule has 1 aromatic carbocycles. The number of fused-ring (bicyclic) bond motifs is 1. The van der Waals surface area contributed by atoms with Crippen LogP contribution in [0, 0.1) is 0 Å². The molecular weight excluding hydrogens is 418 g/mol. The summed E-state index contributed by atoms with van der Waals surface area (Å²) < 4.78 is 17.0. The highest BCUT2D eigenvalue weighted by molar-refractivity contribution is 6.24. The fourth-order valence-corrected chi connectivity index (χ4v) is 4.15. The first-order valence-electron chi connectivity index (χ1n) is 10.9. The quantitative estimate of drug-likeness (QED) is 0.410. The summed E-state index contributed by atoms with van der Waals surface area (Å²) in [6.07, 6.45) is 2.47. The summed E-state index contributed by atoms with van der Waals surface area (Å²) in [6, 6.07) is 3.76. The fourth-order valence-electron chi connectivity index (χ4n) is 4.15. The van der Waals surface area contributed by atoms with E-state index in [1.165, 1.54) is 6.07 Å². The van der Waals surface area contributed by atoms with Gasteiger partial charge >= 0.3 is 0 Å². The minimum Gasteiger partial charge on any atom is -0.490 e. The lowest BCUT2D eigenvalue weighted by atomic mass is 10.0. The molecule has 0 aromatic heterocycles. The van der Waals surface area contributed by atoms with Crippen molar-refractivity contribution in [3.63, 3.8) is 0 Å². The standard InChI is InChI=1S/C22H27N3O7/c26-18-5-4-16(20(27)24-18)25-21(28)15-2-1-3-17(19(15)22(25)29)32-13-11-30-10-12-31-14-6-8-23-9-7-14/h1-3,14,16,23H,4-13H2,(H,24,26,27). The van der Waals surface area contributed by atoms with Gasteiger partial charge in [0.15, 0.2) is 0 Å². The molecule has 0 spiro atoms. The molecule has 0 aliphatic carbocycles. The topological polar surface area (TPSA) is 123 Å². The Labute approximate surface area is 185 Å². The number of amides is 4. The summed E-state index contributed by atoms with van der Waals surface area (Å²) in [6.45, 7) is 3.41. The van der Waals surface area contributed by atoms with E-state index < -0.39 is 29.7 Å². The smallest absolute Gasteiger partial charge is 0.266 e. The maximum Gasteiger partial charge on any atom is 0.266 e. The highest BCUT2D eigenvalue weighted by atomic mass is 16.5. The number of carbonyl (C=O) groups excluding carboxylic acids is 4. The van der Waals surface area contributed by atoms with Crippen LogP contribution in [0.2, 0.25) is 0 Å². The van der Waals surface area contributed by atoms with Gasteiger partial charge in [-0.1, -0.05) is 6.07 Å². The van der Waals surface area contributed by atoms with Crippen LogP contribution in [0.15, 0.2) is 18.2 Å². The number of piperidine rings is 2. The third kappa shape index (κ3) is 4.82. The molecule has 4 rings (SSSR count). The van der Waals surface area contributed by atoms with Crippen molar-refractivity contribution in [2.24, 2.45) is 0 Å². The number of benzene rings is 1. The molecular formula is C22H27N3O7. The summed E-state index contributed by atoms with van der Waals surface area (Å²) in [5.41, 5.74) is 0.324. The van der Waals surface area contributed by atoms with E-state index in [2.05, 4.69) is 10.6 Å². The molecule has 1 unspecified atom stereocenters. The summed E-state index contributed by atoms with van der Waals surface area (Å²) >= 11 is 0. The van der Waals surface area contributed by atoms with Crippen molar-refractivity contribution in [1.82, 2.24) is 15.5 Å². The van der Waals surface area contributed by atoms with Gasteiger partial charge in [0.2, 0.25) is 11.8 Å². The van der Waals surface area contributed by atoms with Crippen molar-refractivity contribution >= 4 is 23.6 Å². The molecule has 10 nitrogen and oxygen atoms in total. The number of rotatable bonds is 9. The summed E-state index contributed by atoms with van der Waals surface area (Å²) in [5, 5.41) is 5.47. The Kier molecular flexibility index (Phi) is 7.13. The van der Waals surface area contributed by atoms with Gasteiger partial charge in [-0.15, -0.1) is 0 Å². The Morgan fingerprint density at radius 1 is 0.938 bits per heavy atom. The molecule has 0 saturated carbocycles. The normalized spacial score (nSPS) is 21.6. The average molecular weight is 445 g/mol. The maximum absolute atomic E-state index is 13.0. The van der Waals surface area contributed by atoms with Crippen LogP contribution < -0.4 is 15.4 Å². The van der Waals surface area contributed by atoms with Crippen LogP contribution in [0.3, 0.4) is 0 Å². The Balaban J connectivity index is 1.28. The molecule has 2 fully saturated rings. The van der Waals surface area contributed by atoms with Crippen LogP contribution in [0.4, 0.5) is 0 Å². The summed E-state index contributed by atoms with van der Waals surface area (Å²) in [5.74, 6) is -1.93. The molecule has 1 aromatic rings. The van der Waals surface area contributed by atoms with E-state index in [1.54, 1.807) is 12.1 Å². The zero-order valence-electron chi connectivity index (χ0n) is 17.8. The van der Waals surface area contributed by atoms with Crippen molar-refractivity contribution in [3.8, 4) is 5.75 Å². The van der Waals surface area contributed by atoms with Crippen LogP contribution >= 0.6 is 0 Å². The zero-order valence-corrected chi connectivity index (χ0v) is 17.8. The summed E-state index contributed by atoms with van der Waals surface area (Å²) in [7, 11) is 0. The molecule has 1 atom stereocenters. The molecule has 10 heteroatoms. The first-order chi connectivity index (χ1) is 15.6. The molecule has 3 aliphatic rings. The van der Waals surface area contributed by atoms with Gasteiger partial charge in [-0.05, 0) is 44.5 Å². The van der Waals surface area contributed by atoms with E-state index in [4.69, 9.17) is 14.2 Å². The van der Waals surface area contributed by atoms with Gasteiger partial charge in [0, 0.05) is 6.42 Å². The van der Waals surface area contributed by atoms with E-state index in [0.717, 1.165) is 30.8 Å². The Hall–Kier alpha value is -2.82. The Morgan fingerprint density at radius 3 is 2.50 bits per heavy atom. The second kappa shape index (κ2) is 10.2. The molecule has 0 bridgehead atoms. The predicted molar refractivity (Wildman–Crippen MR) is 111 cm³/mol. The Bertz CT molecular complexity index is 898. The number of hydrogen-bond donors (Lipinski definition) is 2. The van der Waals surface area contributed by atoms with Gasteiger partial charge < -0.3 is 19.5 Å². The van der Waals surface area contributed by atoms with Crippen molar-refractivity contribution in [3.05, 3.63) is 29.3 Å². The van der Waals surface area contributed by atoms with Crippen LogP contribution in [-0.2, 0) is 19.1 Å². The second-order valence-electron chi connectivity index (χ2n) is 7.91. The van der Waals surface area contributed by atoms with Gasteiger partial charge in [0.1, 0.15) is 18.4 Å². The first kappa shape index (κ1) is 22.4. The number of hydrogen-bond acceptors (Lipinski definition) is 8. The minimum absolute atomic E-state index is 0.0753. The number of carbonyl (C=O) groups is 4. The van der Waals surface area contributed by atoms with Crippen molar-refractivity contribution in [1.29, 1.82) is 0 Å². The van der Waals surface area contributed by atoms with Crippen LogP contribution in [0.25, 0.3) is 0 Å². The van der Waals surface area contributed by atoms with E-state index in [9.17, 15) is 19.2 Å². The van der Waals surface area contributed by atoms with Crippen molar-refractivity contribution in [2.75, 3.05) is 39.5 Å². The van der Waals surface area contributed by atoms with Crippen LogP contribution in [-0.4, -0.2) is 80.2 Å². The lowest BCUT2D eigenvalue weighted by Crippen LogP contribution is -2.54. The van der Waals surface area contributed by atoms with Gasteiger partial charge in [-0.25, -0.2) is 0 Å². The van der Waals surface area contributed by atoms with Crippen molar-refractivity contribution < 1.29 is 33.4 Å². The van der Waals surface area contributed by atoms with Crippen LogP contribution in [0.5, 0.6) is 5.75 Å². The number of nitrogens with one attached hydrogen (secondary N) is 2. The van der Waals surface area contributed by atoms with E-state index in [1.807, 2.05) is 0 Å². The molecule has 3 heterocycles. The largest absolute Gasteiger partial charge is 0.490 e. The minimum atomic E-state index is -1.00. The highest BCUT2D eigenvalue weighted by Crippen LogP contribution is 2.33. The number of nitrogens with zero attached hydrogens (tertiary/aromatic N) is 1. The van der Waals surface area contributed by atoms with Gasteiger partial charge in [0.25, 0.3) is 11.8 Å². The van der Waals surface area contributed by atoms with E-state index in [-0.39, 0.29) is 42.4 Å². The predicted octanol–water partition coefficient (Wildman–Crippen LogP) is 0.252. The molecule has 172 valence electrons. The SMILES string of the molecule is O=C1CCC(N2C(=O)c3cccc(OCCOCCOC4CCNCC4)c3C2=O)C(=O)N1. The molecule has 2 N–H and O–H groups in total. The first-order valence-corrected chi connectivity index (χ1v) is 10.9. The number of ether oxygens (including phenoxy) is 3. The lowest BCUT2D eigenvalue weighted by molar-refractivity contribution is -0.136. The second-order valence-corrected chi connectivity index (χ2v) is 7.91. The van der Waals surface area contributed by atoms with Gasteiger partial charge in [0.05, 0.1) is 37.1 Å². The fraction of sp³-hybridized carbons (Fsp3) is 0.545. The maximum atomic E-state index is 13.0. The lowest BCUT2D eigenvalue weighted by Gasteiger charge is -2.27. The van der Waals surface area contributed by atoms with E-state index >= 15 is 0 Å². The van der Waals surface area contributed by atoms with E-state index in [0.29, 0.717) is 19.8 Å². The summed E-state index contributed by atoms with van der Waals surface area (Å²) in [4.78, 5) is 50.3. The molecule has 0 radical (unpaired) electrons. The van der Waals surface area contributed by atoms with Crippen molar-refractivity contribution in [2.45, 2.75) is 37.8 Å². The average Bonchev–Trinajstić information content (AvgIpc) is 3.05. The third-order valence-corrected chi connectivity index (χ3v) is 5.78. The number of imide groups is 2. The Morgan fingerprint density at radius 2 is 1.72 bits per heavy atom. The molecule has 3 aliphatic heterocycles. The van der Waals surface area contributed by atoms with Gasteiger partial charge in [-0.2, -0.15) is 0 Å². The molecule has 4 amide bonds. The third-order valence-electron chi connectivity index (χ3n) is 5.78. The zero-order chi connectivity index (χ0) is 22.5. The van der Waals surface area contributed by atoms with Crippen LogP contribution in [0.1, 0.15) is 46.4 Å². The molecule has 2 saturated heterocycles. The van der Waals surface area contributed by atoms with Gasteiger partial charge in [-0.3, -0.25) is 29.4 Å². The monoisotopic (exact) mass is 445 g/mol. The molecule has 32 heavy (non-hydrogen) atoms. The highest BCUT2D eigenvalue weighted by Gasteiger charge is 2.45.